The molecule has 0 saturated heterocycles. The van der Waals surface area contributed by atoms with Crippen molar-refractivity contribution in [2.24, 2.45) is 5.92 Å². The van der Waals surface area contributed by atoms with Crippen LogP contribution in [0.1, 0.15) is 24.5 Å². The zero-order valence-corrected chi connectivity index (χ0v) is 9.87. The van der Waals surface area contributed by atoms with Gasteiger partial charge in [0.15, 0.2) is 0 Å². The topological polar surface area (TPSA) is 12.0 Å². The van der Waals surface area contributed by atoms with Gasteiger partial charge in [-0.1, -0.05) is 37.1 Å². The Kier molecular flexibility index (Phi) is 3.64. The summed E-state index contributed by atoms with van der Waals surface area (Å²) < 4.78 is 0. The van der Waals surface area contributed by atoms with Crippen LogP contribution in [0.25, 0.3) is 0 Å². The molecule has 0 bridgehead atoms. The summed E-state index contributed by atoms with van der Waals surface area (Å²) in [5.74, 6) is 3.48. The maximum absolute atomic E-state index is 5.62. The Morgan fingerprint density at radius 3 is 2.50 bits per heavy atom. The van der Waals surface area contributed by atoms with Crippen LogP contribution >= 0.6 is 0 Å². The van der Waals surface area contributed by atoms with E-state index in [2.05, 4.69) is 42.4 Å². The molecule has 1 nitrogen and oxygen atoms in total. The SMILES string of the molecule is C#CC(NCCC)C1Cc2ccccc2C1. The highest BCUT2D eigenvalue weighted by molar-refractivity contribution is 5.33. The normalized spacial score (nSPS) is 16.8. The van der Waals surface area contributed by atoms with Crippen molar-refractivity contribution in [3.05, 3.63) is 35.4 Å². The summed E-state index contributed by atoms with van der Waals surface area (Å²) in [6.07, 6.45) is 9.01. The number of fused-ring (bicyclic) bond motifs is 1. The van der Waals surface area contributed by atoms with Gasteiger partial charge in [0.1, 0.15) is 0 Å². The summed E-state index contributed by atoms with van der Waals surface area (Å²) >= 11 is 0. The summed E-state index contributed by atoms with van der Waals surface area (Å²) in [7, 11) is 0. The van der Waals surface area contributed by atoms with E-state index in [1.54, 1.807) is 0 Å². The van der Waals surface area contributed by atoms with Gasteiger partial charge in [-0.2, -0.15) is 0 Å². The van der Waals surface area contributed by atoms with Gasteiger partial charge in [-0.3, -0.25) is 0 Å². The van der Waals surface area contributed by atoms with Gasteiger partial charge in [0.25, 0.3) is 0 Å². The Morgan fingerprint density at radius 2 is 2.00 bits per heavy atom. The van der Waals surface area contributed by atoms with Crippen molar-refractivity contribution in [2.45, 2.75) is 32.2 Å². The number of nitrogens with one attached hydrogen (secondary N) is 1. The number of benzene rings is 1. The Morgan fingerprint density at radius 1 is 1.38 bits per heavy atom. The molecule has 0 radical (unpaired) electrons. The van der Waals surface area contributed by atoms with E-state index in [-0.39, 0.29) is 6.04 Å². The minimum absolute atomic E-state index is 0.229. The van der Waals surface area contributed by atoms with Crippen LogP contribution in [0.3, 0.4) is 0 Å². The maximum atomic E-state index is 5.62. The van der Waals surface area contributed by atoms with E-state index < -0.39 is 0 Å². The van der Waals surface area contributed by atoms with Crippen LogP contribution in [-0.4, -0.2) is 12.6 Å². The summed E-state index contributed by atoms with van der Waals surface area (Å²) in [6.45, 7) is 3.19. The molecule has 84 valence electrons. The van der Waals surface area contributed by atoms with Crippen molar-refractivity contribution < 1.29 is 0 Å². The fourth-order valence-electron chi connectivity index (χ4n) is 2.49. The minimum atomic E-state index is 0.229. The second-order valence-corrected chi connectivity index (χ2v) is 4.54. The fourth-order valence-corrected chi connectivity index (χ4v) is 2.49. The molecular weight excluding hydrogens is 194 g/mol. The molecule has 2 rings (SSSR count). The minimum Gasteiger partial charge on any atom is -0.303 e. The maximum Gasteiger partial charge on any atom is 0.0721 e. The van der Waals surface area contributed by atoms with E-state index in [4.69, 9.17) is 6.42 Å². The monoisotopic (exact) mass is 213 g/mol. The fraction of sp³-hybridized carbons (Fsp3) is 0.467. The highest BCUT2D eigenvalue weighted by Crippen LogP contribution is 2.28. The summed E-state index contributed by atoms with van der Waals surface area (Å²) in [6, 6.07) is 8.91. The van der Waals surface area contributed by atoms with E-state index in [1.165, 1.54) is 11.1 Å². The van der Waals surface area contributed by atoms with Gasteiger partial charge in [-0.05, 0) is 42.9 Å². The second-order valence-electron chi connectivity index (χ2n) is 4.54. The van der Waals surface area contributed by atoms with E-state index in [9.17, 15) is 0 Å². The van der Waals surface area contributed by atoms with Gasteiger partial charge < -0.3 is 5.32 Å². The van der Waals surface area contributed by atoms with Crippen LogP contribution in [0.15, 0.2) is 24.3 Å². The van der Waals surface area contributed by atoms with Gasteiger partial charge >= 0.3 is 0 Å². The first kappa shape index (κ1) is 11.2. The van der Waals surface area contributed by atoms with Crippen LogP contribution in [0, 0.1) is 18.3 Å². The first-order valence-corrected chi connectivity index (χ1v) is 6.11. The Hall–Kier alpha value is -1.26. The molecule has 0 saturated carbocycles. The standard InChI is InChI=1S/C15H19N/c1-3-9-16-15(4-2)14-10-12-7-5-6-8-13(12)11-14/h2,5-8,14-16H,3,9-11H2,1H3. The van der Waals surface area contributed by atoms with Crippen molar-refractivity contribution in [2.75, 3.05) is 6.54 Å². The van der Waals surface area contributed by atoms with Crippen LogP contribution in [0.4, 0.5) is 0 Å². The van der Waals surface area contributed by atoms with Crippen molar-refractivity contribution >= 4 is 0 Å². The molecule has 0 fully saturated rings. The lowest BCUT2D eigenvalue weighted by atomic mass is 9.97. The van der Waals surface area contributed by atoms with Crippen LogP contribution in [-0.2, 0) is 12.8 Å². The Balaban J connectivity index is 2.02. The molecule has 1 aromatic carbocycles. The molecule has 0 aromatic heterocycles. The molecule has 0 spiro atoms. The molecule has 16 heavy (non-hydrogen) atoms. The molecule has 1 heteroatoms. The zero-order valence-electron chi connectivity index (χ0n) is 9.87. The number of hydrogen-bond acceptors (Lipinski definition) is 1. The lowest BCUT2D eigenvalue weighted by molar-refractivity contribution is 0.432. The van der Waals surface area contributed by atoms with Crippen LogP contribution < -0.4 is 5.32 Å². The molecule has 0 aliphatic heterocycles. The van der Waals surface area contributed by atoms with Gasteiger partial charge in [0, 0.05) is 0 Å². The number of terminal acetylenes is 1. The quantitative estimate of drug-likeness (QED) is 0.757. The smallest absolute Gasteiger partial charge is 0.0721 e. The second kappa shape index (κ2) is 5.18. The predicted molar refractivity (Wildman–Crippen MR) is 68.3 cm³/mol. The van der Waals surface area contributed by atoms with E-state index >= 15 is 0 Å². The summed E-state index contributed by atoms with van der Waals surface area (Å²) in [5.41, 5.74) is 2.96. The Labute approximate surface area is 98.3 Å². The first-order valence-electron chi connectivity index (χ1n) is 6.11. The molecule has 1 atom stereocenters. The molecule has 1 aliphatic rings. The van der Waals surface area contributed by atoms with Crippen molar-refractivity contribution in [1.82, 2.24) is 5.32 Å². The third-order valence-corrected chi connectivity index (χ3v) is 3.35. The average Bonchev–Trinajstić information content (AvgIpc) is 2.73. The van der Waals surface area contributed by atoms with Crippen molar-refractivity contribution in [1.29, 1.82) is 0 Å². The third kappa shape index (κ3) is 2.28. The molecule has 1 N–H and O–H groups in total. The summed E-state index contributed by atoms with van der Waals surface area (Å²) in [4.78, 5) is 0. The highest BCUT2D eigenvalue weighted by Gasteiger charge is 2.26. The Bertz CT molecular complexity index is 364. The highest BCUT2D eigenvalue weighted by atomic mass is 14.9. The van der Waals surface area contributed by atoms with E-state index in [0.717, 1.165) is 25.8 Å². The van der Waals surface area contributed by atoms with Gasteiger partial charge in [0.05, 0.1) is 6.04 Å². The van der Waals surface area contributed by atoms with Gasteiger partial charge in [0.2, 0.25) is 0 Å². The summed E-state index contributed by atoms with van der Waals surface area (Å²) in [5, 5.41) is 3.46. The molecular formula is C15H19N. The van der Waals surface area contributed by atoms with Crippen LogP contribution in [0.2, 0.25) is 0 Å². The lowest BCUT2D eigenvalue weighted by Crippen LogP contribution is -2.35. The number of hydrogen-bond donors (Lipinski definition) is 1. The van der Waals surface area contributed by atoms with Gasteiger partial charge in [-0.15, -0.1) is 6.42 Å². The third-order valence-electron chi connectivity index (χ3n) is 3.35. The first-order chi connectivity index (χ1) is 7.85. The van der Waals surface area contributed by atoms with Crippen molar-refractivity contribution in [3.8, 4) is 12.3 Å². The lowest BCUT2D eigenvalue weighted by Gasteiger charge is -2.19. The van der Waals surface area contributed by atoms with Crippen molar-refractivity contribution in [3.63, 3.8) is 0 Å². The van der Waals surface area contributed by atoms with E-state index in [0.29, 0.717) is 5.92 Å². The predicted octanol–water partition coefficient (Wildman–Crippen LogP) is 2.40. The van der Waals surface area contributed by atoms with Gasteiger partial charge in [-0.25, -0.2) is 0 Å². The number of rotatable bonds is 4. The molecule has 1 aromatic rings. The molecule has 0 amide bonds. The molecule has 1 aliphatic carbocycles. The van der Waals surface area contributed by atoms with Crippen LogP contribution in [0.5, 0.6) is 0 Å². The van der Waals surface area contributed by atoms with E-state index in [1.807, 2.05) is 0 Å². The largest absolute Gasteiger partial charge is 0.303 e. The molecule has 1 unspecified atom stereocenters. The average molecular weight is 213 g/mol. The zero-order chi connectivity index (χ0) is 11.4. The molecule has 0 heterocycles.